The van der Waals surface area contributed by atoms with Crippen LogP contribution in [0.3, 0.4) is 0 Å². The van der Waals surface area contributed by atoms with Crippen molar-refractivity contribution in [3.63, 3.8) is 0 Å². The van der Waals surface area contributed by atoms with Crippen LogP contribution in [0.4, 0.5) is 4.39 Å². The quantitative estimate of drug-likeness (QED) is 0.439. The maximum absolute atomic E-state index is 13.1. The predicted octanol–water partition coefficient (Wildman–Crippen LogP) is 2.83. The van der Waals surface area contributed by atoms with Crippen molar-refractivity contribution in [3.8, 4) is 0 Å². The molecule has 0 radical (unpaired) electrons. The number of guanidine groups is 1. The van der Waals surface area contributed by atoms with Crippen LogP contribution in [-0.2, 0) is 13.0 Å². The standard InChI is InChI=1S/C19H28FN5/c1-15-13-16(2)25(24-15)12-6-11-23-19(21-3)22-10-5-8-17-7-4-9-18(20)14-17/h4,7,9,13-14H,5-6,8,10-12H2,1-3H3,(H2,21,22,23). The molecule has 0 saturated heterocycles. The first-order chi connectivity index (χ1) is 12.1. The number of nitrogens with zero attached hydrogens (tertiary/aromatic N) is 3. The number of hydrogen-bond acceptors (Lipinski definition) is 2. The number of nitrogens with one attached hydrogen (secondary N) is 2. The van der Waals surface area contributed by atoms with Crippen molar-refractivity contribution >= 4 is 5.96 Å². The van der Waals surface area contributed by atoms with Crippen molar-refractivity contribution in [2.24, 2.45) is 4.99 Å². The minimum atomic E-state index is -0.175. The molecule has 0 unspecified atom stereocenters. The second-order valence-corrected chi connectivity index (χ2v) is 6.16. The Balaban J connectivity index is 1.61. The molecular formula is C19H28FN5. The van der Waals surface area contributed by atoms with E-state index in [4.69, 9.17) is 0 Å². The van der Waals surface area contributed by atoms with Crippen molar-refractivity contribution < 1.29 is 4.39 Å². The number of aromatic nitrogens is 2. The van der Waals surface area contributed by atoms with E-state index in [-0.39, 0.29) is 5.82 Å². The molecule has 0 aliphatic rings. The van der Waals surface area contributed by atoms with Crippen LogP contribution in [0.1, 0.15) is 29.8 Å². The van der Waals surface area contributed by atoms with E-state index in [9.17, 15) is 4.39 Å². The summed E-state index contributed by atoms with van der Waals surface area (Å²) in [6.07, 6.45) is 2.75. The fourth-order valence-corrected chi connectivity index (χ4v) is 2.75. The maximum atomic E-state index is 13.1. The van der Waals surface area contributed by atoms with Gasteiger partial charge in [0.05, 0.1) is 5.69 Å². The van der Waals surface area contributed by atoms with Crippen molar-refractivity contribution in [3.05, 3.63) is 53.1 Å². The molecule has 0 spiro atoms. The summed E-state index contributed by atoms with van der Waals surface area (Å²) in [5.41, 5.74) is 3.27. The molecule has 1 aromatic heterocycles. The van der Waals surface area contributed by atoms with Crippen LogP contribution in [0.15, 0.2) is 35.3 Å². The summed E-state index contributed by atoms with van der Waals surface area (Å²) < 4.78 is 15.2. The van der Waals surface area contributed by atoms with Gasteiger partial charge in [0.1, 0.15) is 5.82 Å². The number of hydrogen-bond donors (Lipinski definition) is 2. The predicted molar refractivity (Wildman–Crippen MR) is 100 cm³/mol. The molecule has 2 rings (SSSR count). The van der Waals surface area contributed by atoms with Gasteiger partial charge in [0, 0.05) is 32.4 Å². The summed E-state index contributed by atoms with van der Waals surface area (Å²) in [6, 6.07) is 8.86. The highest BCUT2D eigenvalue weighted by atomic mass is 19.1. The van der Waals surface area contributed by atoms with Crippen LogP contribution in [0, 0.1) is 19.7 Å². The fourth-order valence-electron chi connectivity index (χ4n) is 2.75. The average molecular weight is 345 g/mol. The minimum absolute atomic E-state index is 0.175. The largest absolute Gasteiger partial charge is 0.356 e. The maximum Gasteiger partial charge on any atom is 0.190 e. The molecule has 1 heterocycles. The Hall–Kier alpha value is -2.37. The van der Waals surface area contributed by atoms with E-state index >= 15 is 0 Å². The minimum Gasteiger partial charge on any atom is -0.356 e. The molecule has 6 heteroatoms. The molecular weight excluding hydrogens is 317 g/mol. The molecule has 1 aromatic carbocycles. The van der Waals surface area contributed by atoms with E-state index in [0.29, 0.717) is 0 Å². The highest BCUT2D eigenvalue weighted by Crippen LogP contribution is 2.05. The molecule has 0 atom stereocenters. The third kappa shape index (κ3) is 6.57. The lowest BCUT2D eigenvalue weighted by molar-refractivity contribution is 0.555. The molecule has 5 nitrogen and oxygen atoms in total. The first-order valence-electron chi connectivity index (χ1n) is 8.78. The SMILES string of the molecule is CN=C(NCCCc1cccc(F)c1)NCCCn1nc(C)cc1C. The molecule has 0 amide bonds. The van der Waals surface area contributed by atoms with E-state index in [2.05, 4.69) is 33.7 Å². The zero-order chi connectivity index (χ0) is 18.1. The van der Waals surface area contributed by atoms with Gasteiger partial charge in [-0.15, -0.1) is 0 Å². The van der Waals surface area contributed by atoms with Gasteiger partial charge in [-0.3, -0.25) is 9.67 Å². The zero-order valence-electron chi connectivity index (χ0n) is 15.3. The summed E-state index contributed by atoms with van der Waals surface area (Å²) in [7, 11) is 1.77. The Bertz CT molecular complexity index is 693. The third-order valence-electron chi connectivity index (χ3n) is 3.99. The molecule has 0 aliphatic heterocycles. The Kier molecular flexibility index (Phi) is 7.44. The number of benzene rings is 1. The first-order valence-corrected chi connectivity index (χ1v) is 8.78. The molecule has 2 aromatic rings. The topological polar surface area (TPSA) is 54.2 Å². The number of aliphatic imine (C=N–C) groups is 1. The van der Waals surface area contributed by atoms with E-state index in [1.54, 1.807) is 19.2 Å². The number of halogens is 1. The second kappa shape index (κ2) is 9.81. The normalized spacial score (nSPS) is 11.6. The van der Waals surface area contributed by atoms with Crippen LogP contribution in [0.2, 0.25) is 0 Å². The molecule has 25 heavy (non-hydrogen) atoms. The summed E-state index contributed by atoms with van der Waals surface area (Å²) in [5.74, 6) is 0.623. The Labute approximate surface area is 149 Å². The van der Waals surface area contributed by atoms with Gasteiger partial charge in [0.15, 0.2) is 5.96 Å². The number of aryl methyl sites for hydroxylation is 4. The van der Waals surface area contributed by atoms with Crippen LogP contribution in [-0.4, -0.2) is 35.9 Å². The van der Waals surface area contributed by atoms with E-state index in [1.165, 1.54) is 11.8 Å². The van der Waals surface area contributed by atoms with Crippen LogP contribution in [0.5, 0.6) is 0 Å². The molecule has 0 aliphatic carbocycles. The highest BCUT2D eigenvalue weighted by molar-refractivity contribution is 5.79. The van der Waals surface area contributed by atoms with Crippen molar-refractivity contribution in [1.82, 2.24) is 20.4 Å². The third-order valence-corrected chi connectivity index (χ3v) is 3.99. The fraction of sp³-hybridized carbons (Fsp3) is 0.474. The zero-order valence-corrected chi connectivity index (χ0v) is 15.3. The average Bonchev–Trinajstić information content (AvgIpc) is 2.91. The monoisotopic (exact) mass is 345 g/mol. The number of rotatable bonds is 8. The summed E-state index contributed by atoms with van der Waals surface area (Å²) in [4.78, 5) is 4.22. The van der Waals surface area contributed by atoms with Crippen molar-refractivity contribution in [2.75, 3.05) is 20.1 Å². The van der Waals surface area contributed by atoms with Gasteiger partial charge in [-0.05, 0) is 56.9 Å². The Morgan fingerprint density at radius 2 is 1.92 bits per heavy atom. The van der Waals surface area contributed by atoms with Crippen molar-refractivity contribution in [1.29, 1.82) is 0 Å². The Morgan fingerprint density at radius 3 is 2.56 bits per heavy atom. The smallest absolute Gasteiger partial charge is 0.190 e. The Morgan fingerprint density at radius 1 is 1.16 bits per heavy atom. The summed E-state index contributed by atoms with van der Waals surface area (Å²) in [6.45, 7) is 6.61. The van der Waals surface area contributed by atoms with Gasteiger partial charge in [0.25, 0.3) is 0 Å². The van der Waals surface area contributed by atoms with Crippen LogP contribution in [0.25, 0.3) is 0 Å². The van der Waals surface area contributed by atoms with E-state index in [0.717, 1.165) is 56.1 Å². The summed E-state index contributed by atoms with van der Waals surface area (Å²) in [5, 5.41) is 11.1. The summed E-state index contributed by atoms with van der Waals surface area (Å²) >= 11 is 0. The second-order valence-electron chi connectivity index (χ2n) is 6.16. The van der Waals surface area contributed by atoms with E-state index in [1.807, 2.05) is 17.7 Å². The van der Waals surface area contributed by atoms with Gasteiger partial charge < -0.3 is 10.6 Å². The van der Waals surface area contributed by atoms with Gasteiger partial charge in [-0.25, -0.2) is 4.39 Å². The molecule has 0 saturated carbocycles. The van der Waals surface area contributed by atoms with E-state index < -0.39 is 0 Å². The molecule has 2 N–H and O–H groups in total. The van der Waals surface area contributed by atoms with Gasteiger partial charge in [0.2, 0.25) is 0 Å². The van der Waals surface area contributed by atoms with Gasteiger partial charge >= 0.3 is 0 Å². The molecule has 0 bridgehead atoms. The molecule has 136 valence electrons. The van der Waals surface area contributed by atoms with Crippen LogP contribution >= 0.6 is 0 Å². The van der Waals surface area contributed by atoms with Gasteiger partial charge in [-0.1, -0.05) is 12.1 Å². The lowest BCUT2D eigenvalue weighted by Crippen LogP contribution is -2.38. The first kappa shape index (κ1) is 19.0. The van der Waals surface area contributed by atoms with Crippen LogP contribution < -0.4 is 10.6 Å². The lowest BCUT2D eigenvalue weighted by Gasteiger charge is -2.12. The molecule has 0 fully saturated rings. The van der Waals surface area contributed by atoms with Gasteiger partial charge in [-0.2, -0.15) is 5.10 Å². The highest BCUT2D eigenvalue weighted by Gasteiger charge is 2.01. The van der Waals surface area contributed by atoms with Crippen molar-refractivity contribution in [2.45, 2.75) is 39.7 Å². The lowest BCUT2D eigenvalue weighted by atomic mass is 10.1.